The fourth-order valence-electron chi connectivity index (χ4n) is 1.99. The van der Waals surface area contributed by atoms with Crippen LogP contribution in [0.5, 0.6) is 0 Å². The largest absolute Gasteiger partial charge is 0.390 e. The van der Waals surface area contributed by atoms with Crippen LogP contribution in [0, 0.1) is 0 Å². The van der Waals surface area contributed by atoms with E-state index in [0.29, 0.717) is 5.69 Å². The van der Waals surface area contributed by atoms with Crippen molar-refractivity contribution >= 4 is 15.9 Å². The highest BCUT2D eigenvalue weighted by Gasteiger charge is 2.27. The molecule has 15 heavy (non-hydrogen) atoms. The lowest BCUT2D eigenvalue weighted by atomic mass is 10.1. The Labute approximate surface area is 94.8 Å². The number of halogens is 1. The van der Waals surface area contributed by atoms with Gasteiger partial charge in [0.25, 0.3) is 0 Å². The molecule has 0 unspecified atom stereocenters. The second-order valence-corrected chi connectivity index (χ2v) is 4.39. The third-order valence-electron chi connectivity index (χ3n) is 2.74. The van der Waals surface area contributed by atoms with Crippen molar-refractivity contribution in [2.24, 2.45) is 0 Å². The van der Waals surface area contributed by atoms with Crippen LogP contribution in [-0.4, -0.2) is 10.3 Å². The van der Waals surface area contributed by atoms with Gasteiger partial charge in [-0.2, -0.15) is 0 Å². The molecule has 0 spiro atoms. The highest BCUT2D eigenvalue weighted by atomic mass is 79.9. The van der Waals surface area contributed by atoms with Crippen LogP contribution in [-0.2, 0) is 13.0 Å². The molecule has 0 fully saturated rings. The van der Waals surface area contributed by atoms with Gasteiger partial charge in [0.2, 0.25) is 0 Å². The molecular formula is C11H8BrNO2. The Hall–Kier alpha value is -1.13. The molecule has 1 N–H and O–H groups in total. The Morgan fingerprint density at radius 3 is 3.07 bits per heavy atom. The molecule has 0 amide bonds. The Bertz CT molecular complexity index is 533. The molecule has 4 heteroatoms. The summed E-state index contributed by atoms with van der Waals surface area (Å²) in [4.78, 5) is 0. The summed E-state index contributed by atoms with van der Waals surface area (Å²) in [6, 6.07) is 5.99. The molecule has 0 atom stereocenters. The van der Waals surface area contributed by atoms with Gasteiger partial charge in [-0.15, -0.1) is 0 Å². The molecule has 0 radical (unpaired) electrons. The van der Waals surface area contributed by atoms with Crippen molar-refractivity contribution in [1.82, 2.24) is 5.16 Å². The Kier molecular flexibility index (Phi) is 1.94. The molecule has 1 heterocycles. The number of rotatable bonds is 1. The Balaban J connectivity index is 2.24. The lowest BCUT2D eigenvalue weighted by Crippen LogP contribution is -1.90. The lowest BCUT2D eigenvalue weighted by molar-refractivity contribution is 0.266. The molecule has 3 nitrogen and oxygen atoms in total. The first-order valence-electron chi connectivity index (χ1n) is 4.67. The average molecular weight is 266 g/mol. The van der Waals surface area contributed by atoms with Crippen molar-refractivity contribution < 1.29 is 9.63 Å². The monoisotopic (exact) mass is 265 g/mol. The third kappa shape index (κ3) is 1.18. The van der Waals surface area contributed by atoms with E-state index in [4.69, 9.17) is 9.63 Å². The van der Waals surface area contributed by atoms with Gasteiger partial charge in [-0.1, -0.05) is 33.2 Å². The SMILES string of the molecule is OCc1noc2c1Cc1c(Br)cccc1-2. The second kappa shape index (κ2) is 3.18. The molecule has 1 aliphatic rings. The summed E-state index contributed by atoms with van der Waals surface area (Å²) in [5.41, 5.74) is 3.95. The van der Waals surface area contributed by atoms with Crippen molar-refractivity contribution in [2.75, 3.05) is 0 Å². The first kappa shape index (κ1) is 9.12. The van der Waals surface area contributed by atoms with E-state index in [2.05, 4.69) is 21.1 Å². The Morgan fingerprint density at radius 2 is 2.27 bits per heavy atom. The van der Waals surface area contributed by atoms with Crippen LogP contribution >= 0.6 is 15.9 Å². The maximum Gasteiger partial charge on any atom is 0.171 e. The predicted molar refractivity (Wildman–Crippen MR) is 58.4 cm³/mol. The zero-order chi connectivity index (χ0) is 10.4. The molecule has 1 aromatic heterocycles. The van der Waals surface area contributed by atoms with Gasteiger partial charge in [0.1, 0.15) is 5.69 Å². The quantitative estimate of drug-likeness (QED) is 0.736. The number of nitrogens with zero attached hydrogens (tertiary/aromatic N) is 1. The van der Waals surface area contributed by atoms with Crippen LogP contribution in [0.15, 0.2) is 27.2 Å². The van der Waals surface area contributed by atoms with Crippen molar-refractivity contribution in [3.05, 3.63) is 39.5 Å². The van der Waals surface area contributed by atoms with Crippen LogP contribution in [0.1, 0.15) is 16.8 Å². The van der Waals surface area contributed by atoms with E-state index < -0.39 is 0 Å². The summed E-state index contributed by atoms with van der Waals surface area (Å²) in [6.45, 7) is -0.0650. The van der Waals surface area contributed by atoms with Crippen molar-refractivity contribution in [3.8, 4) is 11.3 Å². The van der Waals surface area contributed by atoms with E-state index in [-0.39, 0.29) is 6.61 Å². The second-order valence-electron chi connectivity index (χ2n) is 3.54. The van der Waals surface area contributed by atoms with Crippen molar-refractivity contribution in [3.63, 3.8) is 0 Å². The van der Waals surface area contributed by atoms with E-state index in [0.717, 1.165) is 27.8 Å². The summed E-state index contributed by atoms with van der Waals surface area (Å²) in [5, 5.41) is 12.9. The van der Waals surface area contributed by atoms with Gasteiger partial charge in [-0.25, -0.2) is 0 Å². The van der Waals surface area contributed by atoms with Crippen molar-refractivity contribution in [2.45, 2.75) is 13.0 Å². The molecule has 2 aromatic rings. The number of aliphatic hydroxyl groups is 1. The molecule has 1 aliphatic carbocycles. The van der Waals surface area contributed by atoms with Gasteiger partial charge in [0, 0.05) is 22.0 Å². The highest BCUT2D eigenvalue weighted by molar-refractivity contribution is 9.10. The van der Waals surface area contributed by atoms with Crippen LogP contribution < -0.4 is 0 Å². The molecule has 1 aromatic carbocycles. The van der Waals surface area contributed by atoms with E-state index in [1.165, 1.54) is 5.56 Å². The minimum absolute atomic E-state index is 0.0650. The predicted octanol–water partition coefficient (Wildman–Crippen LogP) is 2.50. The van der Waals surface area contributed by atoms with Gasteiger partial charge < -0.3 is 9.63 Å². The highest BCUT2D eigenvalue weighted by Crippen LogP contribution is 2.41. The van der Waals surface area contributed by atoms with Crippen molar-refractivity contribution in [1.29, 1.82) is 0 Å². The molecule has 0 bridgehead atoms. The minimum atomic E-state index is -0.0650. The van der Waals surface area contributed by atoms with Crippen LogP contribution in [0.2, 0.25) is 0 Å². The smallest absolute Gasteiger partial charge is 0.171 e. The van der Waals surface area contributed by atoms with E-state index in [1.54, 1.807) is 0 Å². The zero-order valence-electron chi connectivity index (χ0n) is 7.83. The minimum Gasteiger partial charge on any atom is -0.390 e. The number of hydrogen-bond donors (Lipinski definition) is 1. The Morgan fingerprint density at radius 1 is 1.40 bits per heavy atom. The van der Waals surface area contributed by atoms with E-state index in [9.17, 15) is 0 Å². The standard InChI is InChI=1S/C11H8BrNO2/c12-9-3-1-2-6-7(9)4-8-10(5-14)13-15-11(6)8/h1-3,14H,4-5H2. The number of fused-ring (bicyclic) bond motifs is 3. The van der Waals surface area contributed by atoms with E-state index in [1.807, 2.05) is 18.2 Å². The normalized spacial score (nSPS) is 12.7. The number of hydrogen-bond acceptors (Lipinski definition) is 3. The molecular weight excluding hydrogens is 258 g/mol. The van der Waals surface area contributed by atoms with Crippen LogP contribution in [0.3, 0.4) is 0 Å². The summed E-state index contributed by atoms with van der Waals surface area (Å²) in [7, 11) is 0. The zero-order valence-corrected chi connectivity index (χ0v) is 9.41. The lowest BCUT2D eigenvalue weighted by Gasteiger charge is -2.00. The summed E-state index contributed by atoms with van der Waals surface area (Å²) < 4.78 is 6.33. The van der Waals surface area contributed by atoms with Gasteiger partial charge in [0.15, 0.2) is 5.76 Å². The van der Waals surface area contributed by atoms with Gasteiger partial charge >= 0.3 is 0 Å². The molecule has 0 aliphatic heterocycles. The first-order chi connectivity index (χ1) is 7.31. The number of aliphatic hydroxyl groups excluding tert-OH is 1. The summed E-state index contributed by atoms with van der Waals surface area (Å²) in [5.74, 6) is 0.801. The van der Waals surface area contributed by atoms with Crippen LogP contribution in [0.25, 0.3) is 11.3 Å². The average Bonchev–Trinajstić information content (AvgIpc) is 2.77. The molecule has 0 saturated heterocycles. The first-order valence-corrected chi connectivity index (χ1v) is 5.46. The summed E-state index contributed by atoms with van der Waals surface area (Å²) in [6.07, 6.45) is 0.783. The fourth-order valence-corrected chi connectivity index (χ4v) is 2.49. The van der Waals surface area contributed by atoms with E-state index >= 15 is 0 Å². The van der Waals surface area contributed by atoms with Crippen LogP contribution in [0.4, 0.5) is 0 Å². The van der Waals surface area contributed by atoms with Gasteiger partial charge in [-0.3, -0.25) is 0 Å². The number of aromatic nitrogens is 1. The van der Waals surface area contributed by atoms with Gasteiger partial charge in [0.05, 0.1) is 6.61 Å². The van der Waals surface area contributed by atoms with Gasteiger partial charge in [-0.05, 0) is 11.6 Å². The molecule has 0 saturated carbocycles. The topological polar surface area (TPSA) is 46.3 Å². The maximum atomic E-state index is 9.10. The molecule has 3 rings (SSSR count). The molecule has 76 valence electrons. The maximum absolute atomic E-state index is 9.10. The number of benzene rings is 1. The summed E-state index contributed by atoms with van der Waals surface area (Å²) >= 11 is 3.51. The fraction of sp³-hybridized carbons (Fsp3) is 0.182. The third-order valence-corrected chi connectivity index (χ3v) is 3.48.